The third-order valence-corrected chi connectivity index (χ3v) is 4.73. The highest BCUT2D eigenvalue weighted by Gasteiger charge is 2.19. The van der Waals surface area contributed by atoms with Crippen LogP contribution in [0.2, 0.25) is 0 Å². The van der Waals surface area contributed by atoms with E-state index in [1.54, 1.807) is 31.6 Å². The Morgan fingerprint density at radius 1 is 1.14 bits per heavy atom. The third kappa shape index (κ3) is 3.08. The molecule has 0 fully saturated rings. The van der Waals surface area contributed by atoms with Gasteiger partial charge in [-0.2, -0.15) is 5.26 Å². The molecule has 6 nitrogen and oxygen atoms in total. The fraction of sp³-hybridized carbons (Fsp3) is 0.136. The number of nitrogens with zero attached hydrogens (tertiary/aromatic N) is 4. The number of ether oxygens (including phenoxy) is 1. The van der Waals surface area contributed by atoms with Crippen LogP contribution in [0.15, 0.2) is 60.9 Å². The van der Waals surface area contributed by atoms with Crippen molar-refractivity contribution in [2.75, 3.05) is 7.11 Å². The van der Waals surface area contributed by atoms with Crippen LogP contribution < -0.4 is 4.74 Å². The van der Waals surface area contributed by atoms with Crippen LogP contribution >= 0.6 is 0 Å². The molecule has 3 aromatic heterocycles. The van der Waals surface area contributed by atoms with Crippen molar-refractivity contribution in [3.63, 3.8) is 0 Å². The minimum atomic E-state index is -0.148. The van der Waals surface area contributed by atoms with Gasteiger partial charge in [-0.05, 0) is 36.4 Å². The average molecular weight is 370 g/mol. The molecule has 0 atom stereocenters. The summed E-state index contributed by atoms with van der Waals surface area (Å²) in [6.07, 6.45) is 3.47. The van der Waals surface area contributed by atoms with Crippen molar-refractivity contribution in [3.05, 3.63) is 77.9 Å². The molecule has 0 aliphatic heterocycles. The average Bonchev–Trinajstić information content (AvgIpc) is 3.07. The van der Waals surface area contributed by atoms with Gasteiger partial charge in [0.2, 0.25) is 5.88 Å². The van der Waals surface area contributed by atoms with E-state index in [1.165, 1.54) is 0 Å². The first-order chi connectivity index (χ1) is 13.7. The Bertz CT molecular complexity index is 1160. The molecule has 0 aliphatic rings. The Hall–Kier alpha value is -3.69. The Kier molecular flexibility index (Phi) is 4.75. The fourth-order valence-corrected chi connectivity index (χ4v) is 3.45. The van der Waals surface area contributed by atoms with Gasteiger partial charge in [0.05, 0.1) is 43.3 Å². The van der Waals surface area contributed by atoms with Crippen molar-refractivity contribution in [2.24, 2.45) is 0 Å². The van der Waals surface area contributed by atoms with Gasteiger partial charge >= 0.3 is 0 Å². The largest absolute Gasteiger partial charge is 0.481 e. The molecule has 0 amide bonds. The molecule has 28 heavy (non-hydrogen) atoms. The monoisotopic (exact) mass is 370 g/mol. The summed E-state index contributed by atoms with van der Waals surface area (Å²) in [5.41, 5.74) is 4.85. The van der Waals surface area contributed by atoms with Gasteiger partial charge in [-0.3, -0.25) is 4.98 Å². The zero-order valence-corrected chi connectivity index (χ0v) is 15.3. The highest BCUT2D eigenvalue weighted by atomic mass is 16.5. The summed E-state index contributed by atoms with van der Waals surface area (Å²) in [4.78, 5) is 8.71. The maximum atomic E-state index is 10.2. The first-order valence-corrected chi connectivity index (χ1v) is 8.81. The Labute approximate surface area is 162 Å². The van der Waals surface area contributed by atoms with Crippen molar-refractivity contribution >= 4 is 10.9 Å². The molecule has 1 N–H and O–H groups in total. The Morgan fingerprint density at radius 2 is 2.04 bits per heavy atom. The lowest BCUT2D eigenvalue weighted by Gasteiger charge is -2.10. The van der Waals surface area contributed by atoms with E-state index in [-0.39, 0.29) is 6.61 Å². The molecule has 4 rings (SSSR count). The smallest absolute Gasteiger partial charge is 0.212 e. The fourth-order valence-electron chi connectivity index (χ4n) is 3.45. The molecule has 1 aromatic carbocycles. The van der Waals surface area contributed by atoms with Gasteiger partial charge in [0, 0.05) is 40.5 Å². The highest BCUT2D eigenvalue weighted by Crippen LogP contribution is 2.36. The second-order valence-corrected chi connectivity index (χ2v) is 6.32. The van der Waals surface area contributed by atoms with Gasteiger partial charge < -0.3 is 14.4 Å². The number of rotatable bonds is 5. The number of methoxy groups -OCH3 is 1. The maximum Gasteiger partial charge on any atom is 0.212 e. The molecule has 0 aliphatic carbocycles. The number of benzene rings is 1. The quantitative estimate of drug-likeness (QED) is 0.581. The van der Waals surface area contributed by atoms with Gasteiger partial charge in [-0.25, -0.2) is 4.98 Å². The van der Waals surface area contributed by atoms with Gasteiger partial charge in [-0.15, -0.1) is 0 Å². The predicted octanol–water partition coefficient (Wildman–Crippen LogP) is 3.52. The first kappa shape index (κ1) is 17.7. The van der Waals surface area contributed by atoms with Gasteiger partial charge in [0.25, 0.3) is 0 Å². The summed E-state index contributed by atoms with van der Waals surface area (Å²) in [5.74, 6) is 0.518. The molecular weight excluding hydrogens is 352 g/mol. The minimum absolute atomic E-state index is 0.148. The van der Waals surface area contributed by atoms with E-state index < -0.39 is 0 Å². The summed E-state index contributed by atoms with van der Waals surface area (Å²) in [6.45, 7) is 0.369. The van der Waals surface area contributed by atoms with Crippen LogP contribution in [0.25, 0.3) is 22.0 Å². The van der Waals surface area contributed by atoms with Crippen molar-refractivity contribution in [1.29, 1.82) is 5.26 Å². The summed E-state index contributed by atoms with van der Waals surface area (Å²) in [6, 6.07) is 17.2. The normalized spacial score (nSPS) is 10.8. The van der Waals surface area contributed by atoms with Crippen molar-refractivity contribution < 1.29 is 9.84 Å². The molecule has 0 bridgehead atoms. The molecular formula is C22H18N4O2. The van der Waals surface area contributed by atoms with Crippen LogP contribution in [-0.4, -0.2) is 26.8 Å². The molecule has 6 heteroatoms. The zero-order valence-electron chi connectivity index (χ0n) is 15.3. The lowest BCUT2D eigenvalue weighted by molar-refractivity contribution is 0.273. The lowest BCUT2D eigenvalue weighted by atomic mass is 10.0. The van der Waals surface area contributed by atoms with Crippen molar-refractivity contribution in [3.8, 4) is 23.1 Å². The van der Waals surface area contributed by atoms with Gasteiger partial charge in [-0.1, -0.05) is 6.07 Å². The van der Waals surface area contributed by atoms with Gasteiger partial charge in [0.1, 0.15) is 0 Å². The number of fused-ring (bicyclic) bond motifs is 1. The molecule has 0 saturated carbocycles. The van der Waals surface area contributed by atoms with E-state index in [0.717, 1.165) is 33.4 Å². The molecule has 4 aromatic rings. The maximum absolute atomic E-state index is 10.2. The molecule has 0 radical (unpaired) electrons. The molecule has 0 unspecified atom stereocenters. The van der Waals surface area contributed by atoms with Crippen LogP contribution in [0.1, 0.15) is 17.0 Å². The van der Waals surface area contributed by atoms with E-state index in [9.17, 15) is 10.4 Å². The number of hydrogen-bond acceptors (Lipinski definition) is 5. The Morgan fingerprint density at radius 3 is 2.68 bits per heavy atom. The first-order valence-electron chi connectivity index (χ1n) is 8.81. The second-order valence-electron chi connectivity index (χ2n) is 6.32. The van der Waals surface area contributed by atoms with Crippen LogP contribution in [0.3, 0.4) is 0 Å². The number of hydrogen-bond donors (Lipinski definition) is 1. The lowest BCUT2D eigenvalue weighted by Crippen LogP contribution is -2.06. The highest BCUT2D eigenvalue weighted by molar-refractivity contribution is 5.98. The Balaban J connectivity index is 1.97. The van der Waals surface area contributed by atoms with E-state index >= 15 is 0 Å². The van der Waals surface area contributed by atoms with E-state index in [2.05, 4.69) is 16.0 Å². The standard InChI is InChI=1S/C22H18N4O2/c1-28-21-8-6-16(12-25-21)22-18-10-15(11-23)5-7-19(18)26(20(22)14-27)13-17-4-2-3-9-24-17/h2-10,12,27H,13-14H2,1H3. The summed E-state index contributed by atoms with van der Waals surface area (Å²) >= 11 is 0. The number of aromatic nitrogens is 3. The number of aliphatic hydroxyl groups excluding tert-OH is 1. The topological polar surface area (TPSA) is 84.0 Å². The zero-order chi connectivity index (χ0) is 19.5. The van der Waals surface area contributed by atoms with Crippen LogP contribution in [0.5, 0.6) is 5.88 Å². The predicted molar refractivity (Wildman–Crippen MR) is 106 cm³/mol. The van der Waals surface area contributed by atoms with Crippen LogP contribution in [-0.2, 0) is 13.2 Å². The number of nitriles is 1. The molecule has 138 valence electrons. The molecule has 3 heterocycles. The molecule has 0 saturated heterocycles. The second kappa shape index (κ2) is 7.51. The molecule has 0 spiro atoms. The van der Waals surface area contributed by atoms with Crippen LogP contribution in [0.4, 0.5) is 0 Å². The number of pyridine rings is 2. The van der Waals surface area contributed by atoms with Gasteiger partial charge in [0.15, 0.2) is 0 Å². The third-order valence-electron chi connectivity index (χ3n) is 4.73. The SMILES string of the molecule is COc1ccc(-c2c(CO)n(Cc3ccccn3)c3ccc(C#N)cc23)cn1. The summed E-state index contributed by atoms with van der Waals surface area (Å²) in [5, 5.41) is 20.5. The van der Waals surface area contributed by atoms with E-state index in [4.69, 9.17) is 4.74 Å². The minimum Gasteiger partial charge on any atom is -0.481 e. The van der Waals surface area contributed by atoms with E-state index in [0.29, 0.717) is 18.0 Å². The summed E-state index contributed by atoms with van der Waals surface area (Å²) in [7, 11) is 1.57. The van der Waals surface area contributed by atoms with E-state index in [1.807, 2.05) is 41.0 Å². The summed E-state index contributed by atoms with van der Waals surface area (Å²) < 4.78 is 7.19. The van der Waals surface area contributed by atoms with Crippen molar-refractivity contribution in [2.45, 2.75) is 13.2 Å². The van der Waals surface area contributed by atoms with Crippen LogP contribution in [0, 0.1) is 11.3 Å². The van der Waals surface area contributed by atoms with Crippen molar-refractivity contribution in [1.82, 2.24) is 14.5 Å². The number of aliphatic hydroxyl groups is 1.